The van der Waals surface area contributed by atoms with E-state index in [0.717, 1.165) is 24.8 Å². The van der Waals surface area contributed by atoms with E-state index in [0.29, 0.717) is 61.5 Å². The number of esters is 1. The van der Waals surface area contributed by atoms with Crippen LogP contribution in [0.3, 0.4) is 0 Å². The third-order valence-electron chi connectivity index (χ3n) is 15.8. The highest BCUT2D eigenvalue weighted by molar-refractivity contribution is 6.06. The Hall–Kier alpha value is -2.54. The monoisotopic (exact) mass is 914 g/mol. The van der Waals surface area contributed by atoms with Crippen molar-refractivity contribution in [3.8, 4) is 0 Å². The van der Waals surface area contributed by atoms with Crippen LogP contribution in [-0.2, 0) is 52.2 Å². The number of hydrogen-bond donors (Lipinski definition) is 3. The Kier molecular flexibility index (Phi) is 15.5. The van der Waals surface area contributed by atoms with Crippen molar-refractivity contribution in [2.75, 3.05) is 20.8 Å². The van der Waals surface area contributed by atoms with Crippen LogP contribution in [0.15, 0.2) is 52.3 Å². The smallest absolute Gasteiger partial charge is 0.316 e. The van der Waals surface area contributed by atoms with Crippen molar-refractivity contribution < 1.29 is 67.6 Å². The highest BCUT2D eigenvalue weighted by Gasteiger charge is 2.60. The minimum atomic E-state index is -1.86. The number of rotatable bonds is 7. The summed E-state index contributed by atoms with van der Waals surface area (Å²) in [6.07, 6.45) is 12.7. The van der Waals surface area contributed by atoms with E-state index in [1.54, 1.807) is 40.2 Å². The van der Waals surface area contributed by atoms with Gasteiger partial charge in [0.15, 0.2) is 18.4 Å². The zero-order chi connectivity index (χ0) is 46.2. The van der Waals surface area contributed by atoms with E-state index in [-0.39, 0.29) is 36.5 Å². The quantitative estimate of drug-likeness (QED) is 0.107. The molecule has 8 aliphatic rings. The van der Waals surface area contributed by atoms with Gasteiger partial charge < -0.3 is 62.8 Å². The molecule has 6 aliphatic heterocycles. The molecule has 1 saturated carbocycles. The molecule has 6 fully saturated rings. The average Bonchev–Trinajstić information content (AvgIpc) is 3.62. The largest absolute Gasteiger partial charge is 0.462 e. The molecule has 2 bridgehead atoms. The molecule has 3 unspecified atom stereocenters. The number of allylic oxidation sites excluding steroid dienone is 2. The first-order valence-electron chi connectivity index (χ1n) is 24.4. The third-order valence-corrected chi connectivity index (χ3v) is 15.8. The first-order valence-corrected chi connectivity index (χ1v) is 24.4. The fraction of sp³-hybridized carbons (Fsp3) is 0.800. The van der Waals surface area contributed by atoms with Crippen LogP contribution in [0.1, 0.15) is 119 Å². The molecule has 65 heavy (non-hydrogen) atoms. The molecule has 15 heteroatoms. The highest BCUT2D eigenvalue weighted by Crippen LogP contribution is 2.48. The van der Waals surface area contributed by atoms with Gasteiger partial charge in [-0.15, -0.1) is 0 Å². The lowest BCUT2D eigenvalue weighted by molar-refractivity contribution is -0.342. The van der Waals surface area contributed by atoms with Crippen molar-refractivity contribution >= 4 is 11.7 Å². The Labute approximate surface area is 384 Å². The Morgan fingerprint density at radius 3 is 2.34 bits per heavy atom. The number of ether oxygens (including phenoxy) is 10. The molecule has 2 aliphatic carbocycles. The van der Waals surface area contributed by atoms with Gasteiger partial charge in [-0.05, 0) is 81.9 Å². The van der Waals surface area contributed by atoms with Gasteiger partial charge in [0.25, 0.3) is 0 Å². The van der Waals surface area contributed by atoms with Crippen molar-refractivity contribution in [1.82, 2.24) is 0 Å². The van der Waals surface area contributed by atoms with Crippen LogP contribution in [0.25, 0.3) is 0 Å². The van der Waals surface area contributed by atoms with Crippen LogP contribution in [-0.4, -0.2) is 139 Å². The first-order chi connectivity index (χ1) is 31.2. The highest BCUT2D eigenvalue weighted by atomic mass is 16.7. The number of carbonyl (C=O) groups excluding carboxylic acids is 1. The summed E-state index contributed by atoms with van der Waals surface area (Å²) in [6, 6.07) is 0. The van der Waals surface area contributed by atoms with Crippen LogP contribution < -0.4 is 0 Å². The molecule has 0 aromatic rings. The van der Waals surface area contributed by atoms with Crippen LogP contribution in [0, 0.1) is 23.7 Å². The Morgan fingerprint density at radius 2 is 1.60 bits per heavy atom. The summed E-state index contributed by atoms with van der Waals surface area (Å²) >= 11 is 0. The lowest BCUT2D eigenvalue weighted by Crippen LogP contribution is -2.57. The van der Waals surface area contributed by atoms with Gasteiger partial charge >= 0.3 is 5.97 Å². The second-order valence-corrected chi connectivity index (χ2v) is 20.3. The van der Waals surface area contributed by atoms with Gasteiger partial charge in [0.2, 0.25) is 0 Å². The van der Waals surface area contributed by atoms with Gasteiger partial charge in [-0.3, -0.25) is 4.79 Å². The minimum absolute atomic E-state index is 0.0205. The topological polar surface area (TPSA) is 182 Å². The van der Waals surface area contributed by atoms with Gasteiger partial charge in [0, 0.05) is 52.2 Å². The average molecular weight is 914 g/mol. The van der Waals surface area contributed by atoms with Crippen molar-refractivity contribution in [1.29, 1.82) is 0 Å². The molecular weight excluding hydrogens is 839 g/mol. The Morgan fingerprint density at radius 1 is 0.877 bits per heavy atom. The molecule has 3 N–H and O–H groups in total. The second kappa shape index (κ2) is 20.6. The second-order valence-electron chi connectivity index (χ2n) is 20.3. The van der Waals surface area contributed by atoms with E-state index in [9.17, 15) is 20.2 Å². The van der Waals surface area contributed by atoms with Crippen LogP contribution in [0.5, 0.6) is 0 Å². The Bertz CT molecular complexity index is 1830. The van der Waals surface area contributed by atoms with Crippen LogP contribution in [0.4, 0.5) is 0 Å². The summed E-state index contributed by atoms with van der Waals surface area (Å²) in [5, 5.41) is 36.8. The van der Waals surface area contributed by atoms with Gasteiger partial charge in [-0.25, -0.2) is 0 Å². The van der Waals surface area contributed by atoms with Crippen molar-refractivity contribution in [3.63, 3.8) is 0 Å². The number of hydrogen-bond acceptors (Lipinski definition) is 15. The lowest BCUT2D eigenvalue weighted by Gasteiger charge is -2.51. The van der Waals surface area contributed by atoms with Gasteiger partial charge in [0.1, 0.15) is 41.6 Å². The van der Waals surface area contributed by atoms with Crippen LogP contribution in [0.2, 0.25) is 0 Å². The molecular formula is C50H75NO14. The number of fused-ring (bicyclic) bond motifs is 2. The van der Waals surface area contributed by atoms with Crippen molar-refractivity contribution in [3.05, 3.63) is 47.1 Å². The molecule has 15 nitrogen and oxygen atoms in total. The summed E-state index contributed by atoms with van der Waals surface area (Å²) in [5.74, 6) is -1.95. The summed E-state index contributed by atoms with van der Waals surface area (Å²) in [5.41, 5.74) is 0.304. The normalized spacial score (nSPS) is 48.4. The lowest BCUT2D eigenvalue weighted by atomic mass is 9.71. The van der Waals surface area contributed by atoms with E-state index in [1.807, 2.05) is 19.1 Å². The van der Waals surface area contributed by atoms with E-state index in [1.165, 1.54) is 19.3 Å². The van der Waals surface area contributed by atoms with E-state index >= 15 is 0 Å². The molecule has 0 amide bonds. The zero-order valence-electron chi connectivity index (χ0n) is 39.7. The van der Waals surface area contributed by atoms with E-state index in [4.69, 9.17) is 47.4 Å². The molecule has 18 atom stereocenters. The molecule has 1 spiro atoms. The SMILES string of the molecule is CO[C@H]1CC(O[C@H]2[C@H](C)OC(O[C@@H]3/C(C)=C/C[C@@H]4C[C@@H](C[C@]5(CC[C@H](C)C(C6CCCCC6)O5)O4)OC(=O)[C@@H]4C=C(C)/C(=N\O)[C@H]5OC/C(=C\C=C\[C@@H]3C)[C@]54O)C[C@@H]2OC)O[C@@H](C)[C@@H]1O. The van der Waals surface area contributed by atoms with Crippen LogP contribution >= 0.6 is 0 Å². The Balaban J connectivity index is 1.09. The molecule has 0 aromatic heterocycles. The fourth-order valence-corrected chi connectivity index (χ4v) is 12.1. The maximum atomic E-state index is 14.5. The van der Waals surface area contributed by atoms with Gasteiger partial charge in [-0.1, -0.05) is 68.6 Å². The van der Waals surface area contributed by atoms with Crippen molar-refractivity contribution in [2.45, 2.75) is 210 Å². The third kappa shape index (κ3) is 10.1. The summed E-state index contributed by atoms with van der Waals surface area (Å²) < 4.78 is 64.5. The van der Waals surface area contributed by atoms with Crippen molar-refractivity contribution in [2.24, 2.45) is 28.8 Å². The molecule has 8 rings (SSSR count). The van der Waals surface area contributed by atoms with E-state index < -0.39 is 84.7 Å². The number of oxime groups is 1. The number of aliphatic hydroxyl groups is 2. The predicted octanol–water partition coefficient (Wildman–Crippen LogP) is 6.60. The van der Waals surface area contributed by atoms with E-state index in [2.05, 4.69) is 32.0 Å². The zero-order valence-corrected chi connectivity index (χ0v) is 39.7. The number of aliphatic hydroxyl groups excluding tert-OH is 1. The maximum absolute atomic E-state index is 14.5. The molecule has 0 aromatic carbocycles. The first kappa shape index (κ1) is 48.9. The standard InChI is InChI=1S/C50H75NO14/c1-27-13-12-16-34-26-58-47-42(51-55)30(4)21-37(50(34,47)54)48(53)61-36-22-35(64-49(25-36)20-19-29(3)45(65-49)33-14-10-9-11-15-33)18-17-28(2)44(27)62-41-24-39(57-8)46(32(6)60-41)63-40-23-38(56-7)43(52)31(5)59-40/h12-13,16-17,21,27,29,31-33,35-41,43-47,52,54-55H,9-11,14-15,18-20,22-26H2,1-8H3/b13-12+,28-17+,34-16+,51-42+/t27-,29-,31-,32-,35+,36-,37-,38-,39-,40?,41?,43-,44-,45?,46-,47+,49+,50+/m0/s1. The number of methoxy groups -OCH3 is 2. The fourth-order valence-electron chi connectivity index (χ4n) is 12.1. The summed E-state index contributed by atoms with van der Waals surface area (Å²) in [4.78, 5) is 14.5. The maximum Gasteiger partial charge on any atom is 0.316 e. The predicted molar refractivity (Wildman–Crippen MR) is 238 cm³/mol. The number of carbonyl (C=O) groups is 1. The molecule has 5 saturated heterocycles. The summed E-state index contributed by atoms with van der Waals surface area (Å²) in [7, 11) is 3.23. The minimum Gasteiger partial charge on any atom is -0.462 e. The van der Waals surface area contributed by atoms with Gasteiger partial charge in [-0.2, -0.15) is 0 Å². The molecule has 6 heterocycles. The molecule has 364 valence electrons. The van der Waals surface area contributed by atoms with Gasteiger partial charge in [0.05, 0.1) is 49.3 Å². The molecule has 0 radical (unpaired) electrons. The number of nitrogens with zero attached hydrogens (tertiary/aromatic N) is 1. The summed E-state index contributed by atoms with van der Waals surface area (Å²) in [6.45, 7) is 11.9.